The second-order valence-corrected chi connectivity index (χ2v) is 15.1. The summed E-state index contributed by atoms with van der Waals surface area (Å²) in [7, 11) is 0. The summed E-state index contributed by atoms with van der Waals surface area (Å²) in [6.07, 6.45) is 0. The van der Waals surface area contributed by atoms with Crippen molar-refractivity contribution in [2.75, 3.05) is 4.90 Å². The maximum absolute atomic E-state index is 6.92. The van der Waals surface area contributed by atoms with E-state index in [0.717, 1.165) is 72.1 Å². The predicted molar refractivity (Wildman–Crippen MR) is 238 cm³/mol. The second kappa shape index (κ2) is 12.7. The highest BCUT2D eigenvalue weighted by Gasteiger charge is 2.47. The summed E-state index contributed by atoms with van der Waals surface area (Å²) in [5.74, 6) is 0. The van der Waals surface area contributed by atoms with Gasteiger partial charge in [-0.1, -0.05) is 164 Å². The van der Waals surface area contributed by atoms with Crippen LogP contribution in [0.3, 0.4) is 0 Å². The van der Waals surface area contributed by atoms with Crippen LogP contribution in [-0.2, 0) is 5.41 Å². The van der Waals surface area contributed by atoms with Gasteiger partial charge in [-0.15, -0.1) is 0 Å². The van der Waals surface area contributed by atoms with Gasteiger partial charge in [-0.05, 0) is 81.9 Å². The summed E-state index contributed by atoms with van der Waals surface area (Å²) in [5.41, 5.74) is 15.8. The van der Waals surface area contributed by atoms with E-state index in [1.807, 2.05) is 12.1 Å². The molecule has 1 aliphatic rings. The van der Waals surface area contributed by atoms with Crippen LogP contribution in [0.4, 0.5) is 17.1 Å². The predicted octanol–water partition coefficient (Wildman–Crippen LogP) is 15.0. The number of furan rings is 2. The van der Waals surface area contributed by atoms with Crippen LogP contribution in [0.5, 0.6) is 0 Å². The monoisotopic (exact) mass is 741 g/mol. The Balaban J connectivity index is 1.09. The Bertz CT molecular complexity index is 3300. The molecule has 2 heterocycles. The Kier molecular flexibility index (Phi) is 7.14. The van der Waals surface area contributed by atoms with Gasteiger partial charge in [0.2, 0.25) is 0 Å². The topological polar surface area (TPSA) is 29.5 Å². The van der Waals surface area contributed by atoms with Crippen molar-refractivity contribution in [3.05, 3.63) is 235 Å². The maximum Gasteiger partial charge on any atom is 0.147 e. The van der Waals surface area contributed by atoms with Gasteiger partial charge in [-0.2, -0.15) is 0 Å². The number of fused-ring (bicyclic) bond motifs is 10. The molecule has 0 fully saturated rings. The first kappa shape index (κ1) is 32.6. The summed E-state index contributed by atoms with van der Waals surface area (Å²) < 4.78 is 13.2. The fourth-order valence-corrected chi connectivity index (χ4v) is 9.77. The first-order valence-electron chi connectivity index (χ1n) is 19.8. The van der Waals surface area contributed by atoms with Gasteiger partial charge in [0.15, 0.2) is 0 Å². The number of nitrogens with zero attached hydrogens (tertiary/aromatic N) is 1. The fourth-order valence-electron chi connectivity index (χ4n) is 9.77. The van der Waals surface area contributed by atoms with Gasteiger partial charge in [0.05, 0.1) is 16.5 Å². The molecule has 0 saturated carbocycles. The van der Waals surface area contributed by atoms with Gasteiger partial charge in [-0.25, -0.2) is 0 Å². The van der Waals surface area contributed by atoms with Crippen molar-refractivity contribution < 1.29 is 8.83 Å². The molecule has 9 aromatic carbocycles. The van der Waals surface area contributed by atoms with Gasteiger partial charge in [0.25, 0.3) is 0 Å². The number of anilines is 3. The highest BCUT2D eigenvalue weighted by Crippen LogP contribution is 2.59. The summed E-state index contributed by atoms with van der Waals surface area (Å²) >= 11 is 0. The van der Waals surface area contributed by atoms with Crippen molar-refractivity contribution in [3.63, 3.8) is 0 Å². The van der Waals surface area contributed by atoms with E-state index in [1.54, 1.807) is 0 Å². The van der Waals surface area contributed by atoms with E-state index in [9.17, 15) is 0 Å². The molecule has 11 aromatic rings. The standard InChI is InChI=1S/C55H35NO2/c1-4-18-37(19-5-1)55(38-20-6-2-7-21-38)46-29-12-10-25-44(46)51-47(55)30-16-31-48(51)56(39-22-8-3-9-23-39)40-24-14-17-36(35-40)41-27-15-28-42-43-33-34-50-52(54(43)58-53(41)42)45-26-11-13-32-49(45)57-50/h1-35H. The number of benzene rings is 9. The van der Waals surface area contributed by atoms with Crippen molar-refractivity contribution in [1.29, 1.82) is 0 Å². The Hall–Kier alpha value is -7.62. The second-order valence-electron chi connectivity index (χ2n) is 15.1. The molecule has 3 nitrogen and oxygen atoms in total. The van der Waals surface area contributed by atoms with Crippen LogP contribution >= 0.6 is 0 Å². The average Bonchev–Trinajstić information content (AvgIpc) is 3.96. The van der Waals surface area contributed by atoms with Crippen molar-refractivity contribution in [3.8, 4) is 22.3 Å². The zero-order chi connectivity index (χ0) is 38.2. The lowest BCUT2D eigenvalue weighted by atomic mass is 9.68. The molecule has 272 valence electrons. The molecular weight excluding hydrogens is 707 g/mol. The number of hydrogen-bond donors (Lipinski definition) is 0. The van der Waals surface area contributed by atoms with Crippen molar-refractivity contribution >= 4 is 60.9 Å². The van der Waals surface area contributed by atoms with Crippen LogP contribution in [0.15, 0.2) is 221 Å². The third-order valence-electron chi connectivity index (χ3n) is 12.1. The number of para-hydroxylation sites is 3. The minimum Gasteiger partial charge on any atom is -0.456 e. The van der Waals surface area contributed by atoms with Gasteiger partial charge < -0.3 is 13.7 Å². The molecule has 0 atom stereocenters. The molecule has 0 spiro atoms. The minimum atomic E-state index is -0.503. The zero-order valence-corrected chi connectivity index (χ0v) is 31.5. The van der Waals surface area contributed by atoms with Gasteiger partial charge in [0.1, 0.15) is 22.3 Å². The summed E-state index contributed by atoms with van der Waals surface area (Å²) in [6, 6.07) is 76.3. The van der Waals surface area contributed by atoms with Crippen LogP contribution in [0, 0.1) is 0 Å². The van der Waals surface area contributed by atoms with Gasteiger partial charge in [-0.3, -0.25) is 0 Å². The highest BCUT2D eigenvalue weighted by molar-refractivity contribution is 6.23. The molecule has 3 heteroatoms. The molecule has 0 radical (unpaired) electrons. The molecular formula is C55H35NO2. The lowest BCUT2D eigenvalue weighted by molar-refractivity contribution is 0.663. The fraction of sp³-hybridized carbons (Fsp3) is 0.0182. The van der Waals surface area contributed by atoms with E-state index >= 15 is 0 Å². The van der Waals surface area contributed by atoms with E-state index in [0.29, 0.717) is 0 Å². The normalized spacial score (nSPS) is 13.0. The Labute approximate surface area is 335 Å². The van der Waals surface area contributed by atoms with Crippen LogP contribution in [-0.4, -0.2) is 0 Å². The third kappa shape index (κ3) is 4.62. The Morgan fingerprint density at radius 3 is 1.79 bits per heavy atom. The molecule has 0 amide bonds. The maximum atomic E-state index is 6.92. The van der Waals surface area contributed by atoms with Crippen LogP contribution in [0.2, 0.25) is 0 Å². The molecule has 1 aliphatic carbocycles. The van der Waals surface area contributed by atoms with Crippen LogP contribution < -0.4 is 4.90 Å². The quantitative estimate of drug-likeness (QED) is 0.170. The van der Waals surface area contributed by atoms with Crippen molar-refractivity contribution in [2.45, 2.75) is 5.41 Å². The third-order valence-corrected chi connectivity index (χ3v) is 12.1. The SMILES string of the molecule is c1ccc(N(c2cccc(-c3cccc4c3oc3c4ccc4oc5ccccc5c43)c2)c2cccc3c2-c2ccccc2C3(c2ccccc2)c2ccccc2)cc1. The van der Waals surface area contributed by atoms with Gasteiger partial charge >= 0.3 is 0 Å². The summed E-state index contributed by atoms with van der Waals surface area (Å²) in [4.78, 5) is 2.42. The van der Waals surface area contributed by atoms with E-state index < -0.39 is 5.41 Å². The van der Waals surface area contributed by atoms with E-state index in [1.165, 1.54) is 33.4 Å². The van der Waals surface area contributed by atoms with Crippen LogP contribution in [0.25, 0.3) is 66.1 Å². The Morgan fingerprint density at radius 2 is 0.983 bits per heavy atom. The number of rotatable bonds is 6. The van der Waals surface area contributed by atoms with Gasteiger partial charge in [0, 0.05) is 38.7 Å². The summed E-state index contributed by atoms with van der Waals surface area (Å²) in [5, 5.41) is 4.24. The molecule has 0 saturated heterocycles. The van der Waals surface area contributed by atoms with E-state index in [4.69, 9.17) is 8.83 Å². The first-order chi connectivity index (χ1) is 28.8. The van der Waals surface area contributed by atoms with Crippen molar-refractivity contribution in [2.24, 2.45) is 0 Å². The minimum absolute atomic E-state index is 0.503. The molecule has 0 aliphatic heterocycles. The van der Waals surface area contributed by atoms with Crippen LogP contribution in [0.1, 0.15) is 22.3 Å². The van der Waals surface area contributed by atoms with Crippen molar-refractivity contribution in [1.82, 2.24) is 0 Å². The molecule has 12 rings (SSSR count). The largest absolute Gasteiger partial charge is 0.456 e. The molecule has 58 heavy (non-hydrogen) atoms. The number of hydrogen-bond acceptors (Lipinski definition) is 3. The smallest absolute Gasteiger partial charge is 0.147 e. The molecule has 0 unspecified atom stereocenters. The Morgan fingerprint density at radius 1 is 0.379 bits per heavy atom. The molecule has 0 bridgehead atoms. The molecule has 2 aromatic heterocycles. The lowest BCUT2D eigenvalue weighted by Gasteiger charge is -2.34. The zero-order valence-electron chi connectivity index (χ0n) is 31.5. The highest BCUT2D eigenvalue weighted by atomic mass is 16.3. The molecule has 0 N–H and O–H groups in total. The first-order valence-corrected chi connectivity index (χ1v) is 19.8. The van der Waals surface area contributed by atoms with E-state index in [2.05, 4.69) is 205 Å². The van der Waals surface area contributed by atoms with E-state index in [-0.39, 0.29) is 0 Å². The average molecular weight is 742 g/mol. The summed E-state index contributed by atoms with van der Waals surface area (Å²) in [6.45, 7) is 0. The lowest BCUT2D eigenvalue weighted by Crippen LogP contribution is -2.28.